The van der Waals surface area contributed by atoms with Crippen LogP contribution in [0.3, 0.4) is 0 Å². The molecule has 2 aromatic rings. The van der Waals surface area contributed by atoms with E-state index >= 15 is 0 Å². The molecular weight excluding hydrogens is 227 g/mol. The van der Waals surface area contributed by atoms with Crippen LogP contribution < -0.4 is 5.32 Å². The highest BCUT2D eigenvalue weighted by atomic mass is 19.1. The largest absolute Gasteiger partial charge is 0.381 e. The van der Waals surface area contributed by atoms with E-state index in [1.54, 1.807) is 12.1 Å². The topological polar surface area (TPSA) is 35.8 Å². The second kappa shape index (κ2) is 5.33. The van der Waals surface area contributed by atoms with Crippen LogP contribution in [-0.2, 0) is 6.54 Å². The molecule has 2 aromatic carbocycles. The molecule has 0 aliphatic heterocycles. The third kappa shape index (κ3) is 2.67. The fourth-order valence-corrected chi connectivity index (χ4v) is 1.79. The number of benzene rings is 2. The van der Waals surface area contributed by atoms with Gasteiger partial charge in [0.15, 0.2) is 0 Å². The van der Waals surface area contributed by atoms with Gasteiger partial charge in [0.2, 0.25) is 0 Å². The monoisotopic (exact) mass is 240 g/mol. The second-order valence-corrected chi connectivity index (χ2v) is 4.07. The van der Waals surface area contributed by atoms with E-state index in [0.29, 0.717) is 12.1 Å². The predicted octanol–water partition coefficient (Wildman–Crippen LogP) is 3.62. The molecule has 0 saturated carbocycles. The van der Waals surface area contributed by atoms with E-state index in [9.17, 15) is 4.39 Å². The number of rotatable bonds is 3. The maximum Gasteiger partial charge on any atom is 0.123 e. The lowest BCUT2D eigenvalue weighted by Gasteiger charge is -2.10. The van der Waals surface area contributed by atoms with Crippen molar-refractivity contribution in [3.05, 3.63) is 65.0 Å². The molecule has 0 fully saturated rings. The van der Waals surface area contributed by atoms with Crippen molar-refractivity contribution in [2.75, 3.05) is 5.32 Å². The van der Waals surface area contributed by atoms with Crippen LogP contribution in [0.5, 0.6) is 0 Å². The van der Waals surface area contributed by atoms with Gasteiger partial charge in [-0.2, -0.15) is 5.26 Å². The predicted molar refractivity (Wildman–Crippen MR) is 69.6 cm³/mol. The lowest BCUT2D eigenvalue weighted by molar-refractivity contribution is 0.626. The highest BCUT2D eigenvalue weighted by Crippen LogP contribution is 2.19. The van der Waals surface area contributed by atoms with Gasteiger partial charge in [0, 0.05) is 12.2 Å². The average molecular weight is 240 g/mol. The summed E-state index contributed by atoms with van der Waals surface area (Å²) in [4.78, 5) is 0. The Labute approximate surface area is 106 Å². The van der Waals surface area contributed by atoms with Crippen LogP contribution in [0.25, 0.3) is 0 Å². The van der Waals surface area contributed by atoms with Gasteiger partial charge in [-0.1, -0.05) is 18.2 Å². The Morgan fingerprint density at radius 1 is 1.22 bits per heavy atom. The molecule has 0 aromatic heterocycles. The van der Waals surface area contributed by atoms with Crippen LogP contribution in [0.4, 0.5) is 10.1 Å². The van der Waals surface area contributed by atoms with Crippen molar-refractivity contribution >= 4 is 5.69 Å². The van der Waals surface area contributed by atoms with E-state index in [4.69, 9.17) is 5.26 Å². The number of hydrogen-bond donors (Lipinski definition) is 1. The Balaban J connectivity index is 2.14. The van der Waals surface area contributed by atoms with Crippen LogP contribution in [0, 0.1) is 24.1 Å². The standard InChI is InChI=1S/C15H13FN2/c1-11-13(9-17)5-3-7-15(11)18-10-12-4-2-6-14(16)8-12/h2-8,18H,10H2,1H3. The number of nitriles is 1. The van der Waals surface area contributed by atoms with E-state index in [0.717, 1.165) is 16.8 Å². The Morgan fingerprint density at radius 2 is 2.00 bits per heavy atom. The summed E-state index contributed by atoms with van der Waals surface area (Å²) in [5, 5.41) is 12.2. The first kappa shape index (κ1) is 12.1. The van der Waals surface area contributed by atoms with Gasteiger partial charge in [0.25, 0.3) is 0 Å². The van der Waals surface area contributed by atoms with E-state index in [1.165, 1.54) is 12.1 Å². The van der Waals surface area contributed by atoms with E-state index in [2.05, 4.69) is 11.4 Å². The molecule has 3 heteroatoms. The zero-order valence-electron chi connectivity index (χ0n) is 10.1. The minimum absolute atomic E-state index is 0.239. The van der Waals surface area contributed by atoms with E-state index in [1.807, 2.05) is 25.1 Å². The molecule has 0 atom stereocenters. The molecule has 2 rings (SSSR count). The smallest absolute Gasteiger partial charge is 0.123 e. The maximum absolute atomic E-state index is 13.0. The summed E-state index contributed by atoms with van der Waals surface area (Å²) < 4.78 is 13.0. The molecular formula is C15H13FN2. The second-order valence-electron chi connectivity index (χ2n) is 4.07. The maximum atomic E-state index is 13.0. The lowest BCUT2D eigenvalue weighted by atomic mass is 10.1. The molecule has 0 amide bonds. The summed E-state index contributed by atoms with van der Waals surface area (Å²) in [7, 11) is 0. The summed E-state index contributed by atoms with van der Waals surface area (Å²) >= 11 is 0. The minimum atomic E-state index is -0.239. The van der Waals surface area contributed by atoms with Gasteiger partial charge < -0.3 is 5.32 Å². The molecule has 2 nitrogen and oxygen atoms in total. The first-order chi connectivity index (χ1) is 8.70. The van der Waals surface area contributed by atoms with Crippen molar-refractivity contribution in [3.8, 4) is 6.07 Å². The van der Waals surface area contributed by atoms with Gasteiger partial charge in [0.1, 0.15) is 5.82 Å². The van der Waals surface area contributed by atoms with Crippen molar-refractivity contribution in [1.29, 1.82) is 5.26 Å². The fraction of sp³-hybridized carbons (Fsp3) is 0.133. The number of hydrogen-bond acceptors (Lipinski definition) is 2. The molecule has 0 heterocycles. The van der Waals surface area contributed by atoms with Crippen LogP contribution in [0.15, 0.2) is 42.5 Å². The van der Waals surface area contributed by atoms with Gasteiger partial charge >= 0.3 is 0 Å². The molecule has 0 bridgehead atoms. The molecule has 0 aliphatic carbocycles. The summed E-state index contributed by atoms with van der Waals surface area (Å²) in [6.45, 7) is 2.43. The summed E-state index contributed by atoms with van der Waals surface area (Å²) in [5.41, 5.74) is 3.34. The Morgan fingerprint density at radius 3 is 2.72 bits per heavy atom. The highest BCUT2D eigenvalue weighted by Gasteiger charge is 2.03. The summed E-state index contributed by atoms with van der Waals surface area (Å²) in [6, 6.07) is 14.1. The molecule has 0 unspecified atom stereocenters. The van der Waals surface area contributed by atoms with Crippen molar-refractivity contribution in [2.45, 2.75) is 13.5 Å². The molecule has 0 saturated heterocycles. The Bertz CT molecular complexity index is 600. The van der Waals surface area contributed by atoms with Crippen LogP contribution in [0.1, 0.15) is 16.7 Å². The molecule has 90 valence electrons. The highest BCUT2D eigenvalue weighted by molar-refractivity contribution is 5.57. The fourth-order valence-electron chi connectivity index (χ4n) is 1.79. The normalized spacial score (nSPS) is 9.83. The third-order valence-electron chi connectivity index (χ3n) is 2.83. The zero-order chi connectivity index (χ0) is 13.0. The van der Waals surface area contributed by atoms with Gasteiger partial charge in [-0.15, -0.1) is 0 Å². The molecule has 1 N–H and O–H groups in total. The summed E-state index contributed by atoms with van der Waals surface area (Å²) in [6.07, 6.45) is 0. The molecule has 0 radical (unpaired) electrons. The molecule has 18 heavy (non-hydrogen) atoms. The zero-order valence-corrected chi connectivity index (χ0v) is 10.1. The van der Waals surface area contributed by atoms with E-state index < -0.39 is 0 Å². The van der Waals surface area contributed by atoms with Gasteiger partial charge in [0.05, 0.1) is 11.6 Å². The van der Waals surface area contributed by atoms with Crippen LogP contribution in [0.2, 0.25) is 0 Å². The third-order valence-corrected chi connectivity index (χ3v) is 2.83. The van der Waals surface area contributed by atoms with Crippen molar-refractivity contribution in [3.63, 3.8) is 0 Å². The average Bonchev–Trinajstić information content (AvgIpc) is 2.38. The molecule has 0 spiro atoms. The van der Waals surface area contributed by atoms with Crippen molar-refractivity contribution < 1.29 is 4.39 Å². The van der Waals surface area contributed by atoms with Crippen LogP contribution in [-0.4, -0.2) is 0 Å². The minimum Gasteiger partial charge on any atom is -0.381 e. The number of nitrogens with one attached hydrogen (secondary N) is 1. The number of nitrogens with zero attached hydrogens (tertiary/aromatic N) is 1. The number of halogens is 1. The Hall–Kier alpha value is -2.34. The van der Waals surface area contributed by atoms with Gasteiger partial charge in [-0.3, -0.25) is 0 Å². The number of anilines is 1. The van der Waals surface area contributed by atoms with E-state index in [-0.39, 0.29) is 5.82 Å². The molecule has 0 aliphatic rings. The first-order valence-corrected chi connectivity index (χ1v) is 5.69. The quantitative estimate of drug-likeness (QED) is 0.889. The van der Waals surface area contributed by atoms with Gasteiger partial charge in [-0.25, -0.2) is 4.39 Å². The van der Waals surface area contributed by atoms with Gasteiger partial charge in [-0.05, 0) is 42.3 Å². The SMILES string of the molecule is Cc1c(C#N)cccc1NCc1cccc(F)c1. The van der Waals surface area contributed by atoms with Crippen molar-refractivity contribution in [1.82, 2.24) is 0 Å². The van der Waals surface area contributed by atoms with Crippen LogP contribution >= 0.6 is 0 Å². The van der Waals surface area contributed by atoms with Crippen molar-refractivity contribution in [2.24, 2.45) is 0 Å². The lowest BCUT2D eigenvalue weighted by Crippen LogP contribution is -2.02. The Kier molecular flexibility index (Phi) is 3.59. The first-order valence-electron chi connectivity index (χ1n) is 5.69. The summed E-state index contributed by atoms with van der Waals surface area (Å²) in [5.74, 6) is -0.239.